The zero-order valence-electron chi connectivity index (χ0n) is 11.8. The summed E-state index contributed by atoms with van der Waals surface area (Å²) < 4.78 is 0.431. The molecule has 0 atom stereocenters. The Kier molecular flexibility index (Phi) is 6.29. The Morgan fingerprint density at radius 2 is 1.95 bits per heavy atom. The minimum Gasteiger partial charge on any atom is -0.343 e. The number of likely N-dealkylation sites (N-methyl/N-ethyl adjacent to an activating group) is 1. The number of halogens is 1. The van der Waals surface area contributed by atoms with Gasteiger partial charge in [0, 0.05) is 29.7 Å². The van der Waals surface area contributed by atoms with E-state index in [9.17, 15) is 19.7 Å². The minimum absolute atomic E-state index is 0.122. The SMILES string of the molecule is CCN(CC)C(=O)CNC(=O)c1cc([N+](=O)[O-])ccc1Br. The molecule has 1 aromatic carbocycles. The van der Waals surface area contributed by atoms with Gasteiger partial charge in [-0.25, -0.2) is 0 Å². The number of nitro groups is 1. The van der Waals surface area contributed by atoms with Gasteiger partial charge in [0.25, 0.3) is 11.6 Å². The van der Waals surface area contributed by atoms with Crippen molar-refractivity contribution >= 4 is 33.4 Å². The summed E-state index contributed by atoms with van der Waals surface area (Å²) >= 11 is 3.16. The number of nitrogens with one attached hydrogen (secondary N) is 1. The second-order valence-corrected chi connectivity index (χ2v) is 5.02. The standard InChI is InChI=1S/C13H16BrN3O4/c1-3-16(4-2)12(18)8-15-13(19)10-7-9(17(20)21)5-6-11(10)14/h5-7H,3-4,8H2,1-2H3,(H,15,19). The van der Waals surface area contributed by atoms with Crippen molar-refractivity contribution in [1.82, 2.24) is 10.2 Å². The second-order valence-electron chi connectivity index (χ2n) is 4.17. The normalized spacial score (nSPS) is 10.0. The Labute approximate surface area is 130 Å². The molecule has 2 amide bonds. The molecule has 0 aromatic heterocycles. The fraction of sp³-hybridized carbons (Fsp3) is 0.385. The van der Waals surface area contributed by atoms with Crippen LogP contribution in [0.4, 0.5) is 5.69 Å². The van der Waals surface area contributed by atoms with Crippen LogP contribution in [0, 0.1) is 10.1 Å². The second kappa shape index (κ2) is 7.72. The number of nitro benzene ring substituents is 1. The Morgan fingerprint density at radius 3 is 2.48 bits per heavy atom. The van der Waals surface area contributed by atoms with Crippen LogP contribution in [-0.2, 0) is 4.79 Å². The molecular weight excluding hydrogens is 342 g/mol. The van der Waals surface area contributed by atoms with Crippen LogP contribution in [0.5, 0.6) is 0 Å². The molecule has 1 N–H and O–H groups in total. The van der Waals surface area contributed by atoms with E-state index in [2.05, 4.69) is 21.2 Å². The lowest BCUT2D eigenvalue weighted by molar-refractivity contribution is -0.384. The highest BCUT2D eigenvalue weighted by Crippen LogP contribution is 2.22. The first kappa shape index (κ1) is 17.1. The average molecular weight is 358 g/mol. The van der Waals surface area contributed by atoms with Gasteiger partial charge in [-0.1, -0.05) is 0 Å². The highest BCUT2D eigenvalue weighted by atomic mass is 79.9. The zero-order chi connectivity index (χ0) is 16.0. The molecule has 114 valence electrons. The highest BCUT2D eigenvalue weighted by molar-refractivity contribution is 9.10. The van der Waals surface area contributed by atoms with Crippen molar-refractivity contribution in [3.05, 3.63) is 38.3 Å². The summed E-state index contributed by atoms with van der Waals surface area (Å²) in [6.45, 7) is 4.67. The number of carbonyl (C=O) groups excluding carboxylic acids is 2. The molecule has 0 unspecified atom stereocenters. The summed E-state index contributed by atoms with van der Waals surface area (Å²) in [6, 6.07) is 3.89. The Balaban J connectivity index is 2.78. The summed E-state index contributed by atoms with van der Waals surface area (Å²) in [5.41, 5.74) is -0.0602. The van der Waals surface area contributed by atoms with Gasteiger partial charge in [-0.2, -0.15) is 0 Å². The first-order chi connectivity index (χ1) is 9.90. The molecule has 0 saturated carbocycles. The van der Waals surface area contributed by atoms with Crippen LogP contribution in [0.2, 0.25) is 0 Å². The maximum atomic E-state index is 12.0. The minimum atomic E-state index is -0.579. The maximum absolute atomic E-state index is 12.0. The third kappa shape index (κ3) is 4.52. The van der Waals surface area contributed by atoms with Crippen LogP contribution < -0.4 is 5.32 Å². The number of nitrogens with zero attached hydrogens (tertiary/aromatic N) is 2. The molecule has 0 fully saturated rings. The molecule has 0 aliphatic heterocycles. The van der Waals surface area contributed by atoms with E-state index in [1.54, 1.807) is 4.90 Å². The molecule has 8 heteroatoms. The number of hydrogen-bond donors (Lipinski definition) is 1. The first-order valence-electron chi connectivity index (χ1n) is 6.40. The van der Waals surface area contributed by atoms with Gasteiger partial charge >= 0.3 is 0 Å². The number of benzene rings is 1. The molecule has 0 saturated heterocycles. The van der Waals surface area contributed by atoms with Crippen molar-refractivity contribution in [3.63, 3.8) is 0 Å². The summed E-state index contributed by atoms with van der Waals surface area (Å²) in [6.07, 6.45) is 0. The van der Waals surface area contributed by atoms with Crippen molar-refractivity contribution in [2.45, 2.75) is 13.8 Å². The van der Waals surface area contributed by atoms with E-state index in [1.807, 2.05) is 13.8 Å². The first-order valence-corrected chi connectivity index (χ1v) is 7.19. The molecule has 0 aliphatic carbocycles. The van der Waals surface area contributed by atoms with Crippen molar-refractivity contribution in [3.8, 4) is 0 Å². The van der Waals surface area contributed by atoms with Gasteiger partial charge < -0.3 is 10.2 Å². The molecule has 0 heterocycles. The Bertz CT molecular complexity index is 558. The predicted octanol–water partition coefficient (Wildman–Crippen LogP) is 1.96. The monoisotopic (exact) mass is 357 g/mol. The molecule has 0 spiro atoms. The summed E-state index contributed by atoms with van der Waals surface area (Å²) in [4.78, 5) is 35.5. The lowest BCUT2D eigenvalue weighted by Gasteiger charge is -2.18. The fourth-order valence-corrected chi connectivity index (χ4v) is 2.17. The summed E-state index contributed by atoms with van der Waals surface area (Å²) in [5, 5.41) is 13.2. The molecule has 0 bridgehead atoms. The van der Waals surface area contributed by atoms with Gasteiger partial charge in [0.1, 0.15) is 0 Å². The average Bonchev–Trinajstić information content (AvgIpc) is 2.46. The number of amides is 2. The lowest BCUT2D eigenvalue weighted by atomic mass is 10.2. The summed E-state index contributed by atoms with van der Waals surface area (Å²) in [5.74, 6) is -0.735. The number of carbonyl (C=O) groups is 2. The van der Waals surface area contributed by atoms with Gasteiger partial charge in [-0.3, -0.25) is 19.7 Å². The quantitative estimate of drug-likeness (QED) is 0.621. The highest BCUT2D eigenvalue weighted by Gasteiger charge is 2.17. The smallest absolute Gasteiger partial charge is 0.270 e. The molecular formula is C13H16BrN3O4. The van der Waals surface area contributed by atoms with Crippen LogP contribution in [-0.4, -0.2) is 41.3 Å². The zero-order valence-corrected chi connectivity index (χ0v) is 13.3. The Hall–Kier alpha value is -1.96. The van der Waals surface area contributed by atoms with Crippen LogP contribution in [0.3, 0.4) is 0 Å². The van der Waals surface area contributed by atoms with E-state index in [-0.39, 0.29) is 23.7 Å². The van der Waals surface area contributed by atoms with Crippen molar-refractivity contribution < 1.29 is 14.5 Å². The number of hydrogen-bond acceptors (Lipinski definition) is 4. The van der Waals surface area contributed by atoms with E-state index in [0.717, 1.165) is 0 Å². The lowest BCUT2D eigenvalue weighted by Crippen LogP contribution is -2.40. The van der Waals surface area contributed by atoms with Gasteiger partial charge in [0.05, 0.1) is 17.0 Å². The van der Waals surface area contributed by atoms with Crippen molar-refractivity contribution in [2.24, 2.45) is 0 Å². The molecule has 0 aliphatic rings. The van der Waals surface area contributed by atoms with E-state index in [0.29, 0.717) is 17.6 Å². The van der Waals surface area contributed by atoms with E-state index in [4.69, 9.17) is 0 Å². The van der Waals surface area contributed by atoms with Gasteiger partial charge in [0.15, 0.2) is 0 Å². The van der Waals surface area contributed by atoms with Gasteiger partial charge in [0.2, 0.25) is 5.91 Å². The van der Waals surface area contributed by atoms with Crippen LogP contribution in [0.1, 0.15) is 24.2 Å². The van der Waals surface area contributed by atoms with Crippen LogP contribution in [0.15, 0.2) is 22.7 Å². The van der Waals surface area contributed by atoms with E-state index < -0.39 is 10.8 Å². The van der Waals surface area contributed by atoms with Gasteiger partial charge in [-0.15, -0.1) is 0 Å². The third-order valence-corrected chi connectivity index (χ3v) is 3.61. The molecule has 1 rings (SSSR count). The Morgan fingerprint density at radius 1 is 1.33 bits per heavy atom. The molecule has 1 aromatic rings. The van der Waals surface area contributed by atoms with Crippen molar-refractivity contribution in [1.29, 1.82) is 0 Å². The van der Waals surface area contributed by atoms with E-state index >= 15 is 0 Å². The largest absolute Gasteiger partial charge is 0.343 e. The molecule has 7 nitrogen and oxygen atoms in total. The molecule has 0 radical (unpaired) electrons. The van der Waals surface area contributed by atoms with Crippen LogP contribution in [0.25, 0.3) is 0 Å². The third-order valence-electron chi connectivity index (χ3n) is 2.92. The van der Waals surface area contributed by atoms with Crippen molar-refractivity contribution in [2.75, 3.05) is 19.6 Å². The topological polar surface area (TPSA) is 92.6 Å². The molecule has 21 heavy (non-hydrogen) atoms. The van der Waals surface area contributed by atoms with Gasteiger partial charge in [-0.05, 0) is 35.8 Å². The number of non-ortho nitro benzene ring substituents is 1. The summed E-state index contributed by atoms with van der Waals surface area (Å²) in [7, 11) is 0. The van der Waals surface area contributed by atoms with E-state index in [1.165, 1.54) is 18.2 Å². The number of rotatable bonds is 6. The predicted molar refractivity (Wildman–Crippen MR) is 81.1 cm³/mol. The fourth-order valence-electron chi connectivity index (χ4n) is 1.74. The maximum Gasteiger partial charge on any atom is 0.270 e. The van der Waals surface area contributed by atoms with Crippen LogP contribution >= 0.6 is 15.9 Å².